The summed E-state index contributed by atoms with van der Waals surface area (Å²) in [5, 5.41) is 0. The van der Waals surface area contributed by atoms with E-state index in [1.165, 1.54) is 19.3 Å². The lowest BCUT2D eigenvalue weighted by Crippen LogP contribution is -2.24. The smallest absolute Gasteiger partial charge is 0.414 e. The first-order chi connectivity index (χ1) is 5.26. The van der Waals surface area contributed by atoms with E-state index in [2.05, 4.69) is 13.8 Å². The molecule has 0 aromatic carbocycles. The van der Waals surface area contributed by atoms with Crippen LogP contribution in [0, 0.1) is 0 Å². The summed E-state index contributed by atoms with van der Waals surface area (Å²) in [7, 11) is 3.36. The van der Waals surface area contributed by atoms with Crippen molar-refractivity contribution in [2.75, 3.05) is 14.2 Å². The van der Waals surface area contributed by atoms with Gasteiger partial charge in [0.05, 0.1) is 0 Å². The second-order valence-electron chi connectivity index (χ2n) is 2.96. The summed E-state index contributed by atoms with van der Waals surface area (Å²) in [6.07, 6.45) is 3.68. The van der Waals surface area contributed by atoms with Crippen molar-refractivity contribution >= 4 is 7.12 Å². The third-order valence-electron chi connectivity index (χ3n) is 1.94. The summed E-state index contributed by atoms with van der Waals surface area (Å²) >= 11 is 0. The molecule has 0 rings (SSSR count). The fraction of sp³-hybridized carbons (Fsp3) is 1.00. The third kappa shape index (κ3) is 4.43. The summed E-state index contributed by atoms with van der Waals surface area (Å²) < 4.78 is 10.3. The van der Waals surface area contributed by atoms with E-state index in [-0.39, 0.29) is 7.12 Å². The maximum atomic E-state index is 5.14. The Kier molecular flexibility index (Phi) is 6.67. The van der Waals surface area contributed by atoms with E-state index in [0.717, 1.165) is 0 Å². The van der Waals surface area contributed by atoms with Crippen LogP contribution in [0.1, 0.15) is 33.1 Å². The van der Waals surface area contributed by atoms with E-state index in [9.17, 15) is 0 Å². The highest BCUT2D eigenvalue weighted by molar-refractivity contribution is 6.46. The lowest BCUT2D eigenvalue weighted by molar-refractivity contribution is 0.264. The SMILES string of the molecule is CCCCC(C)B(OC)OC. The van der Waals surface area contributed by atoms with E-state index >= 15 is 0 Å². The molecule has 0 aromatic rings. The summed E-state index contributed by atoms with van der Waals surface area (Å²) in [5.74, 6) is 0.505. The molecule has 66 valence electrons. The molecule has 11 heavy (non-hydrogen) atoms. The van der Waals surface area contributed by atoms with Crippen molar-refractivity contribution in [1.82, 2.24) is 0 Å². The van der Waals surface area contributed by atoms with Crippen molar-refractivity contribution < 1.29 is 9.31 Å². The quantitative estimate of drug-likeness (QED) is 0.552. The molecule has 0 heterocycles. The van der Waals surface area contributed by atoms with E-state index in [4.69, 9.17) is 9.31 Å². The van der Waals surface area contributed by atoms with Gasteiger partial charge in [-0.15, -0.1) is 0 Å². The third-order valence-corrected chi connectivity index (χ3v) is 1.94. The largest absolute Gasteiger partial charge is 0.459 e. The molecule has 1 atom stereocenters. The van der Waals surface area contributed by atoms with Crippen molar-refractivity contribution in [3.63, 3.8) is 0 Å². The molecule has 0 aliphatic rings. The first kappa shape index (κ1) is 11.0. The van der Waals surface area contributed by atoms with Crippen LogP contribution >= 0.6 is 0 Å². The van der Waals surface area contributed by atoms with E-state index < -0.39 is 0 Å². The highest BCUT2D eigenvalue weighted by Crippen LogP contribution is 2.17. The molecule has 0 aliphatic heterocycles. The highest BCUT2D eigenvalue weighted by Gasteiger charge is 2.22. The number of hydrogen-bond acceptors (Lipinski definition) is 2. The Hall–Kier alpha value is -0.0151. The molecule has 2 nitrogen and oxygen atoms in total. The fourth-order valence-corrected chi connectivity index (χ4v) is 1.22. The monoisotopic (exact) mass is 158 g/mol. The van der Waals surface area contributed by atoms with E-state index in [0.29, 0.717) is 5.82 Å². The minimum absolute atomic E-state index is 0.0263. The van der Waals surface area contributed by atoms with Crippen molar-refractivity contribution in [3.05, 3.63) is 0 Å². The molecule has 0 saturated heterocycles. The molecule has 0 fully saturated rings. The van der Waals surface area contributed by atoms with Crippen LogP contribution < -0.4 is 0 Å². The van der Waals surface area contributed by atoms with Gasteiger partial charge in [-0.2, -0.15) is 0 Å². The van der Waals surface area contributed by atoms with Crippen LogP contribution in [-0.2, 0) is 9.31 Å². The summed E-state index contributed by atoms with van der Waals surface area (Å²) in [6, 6.07) is 0. The van der Waals surface area contributed by atoms with Gasteiger partial charge in [0.1, 0.15) is 0 Å². The first-order valence-electron chi connectivity index (χ1n) is 4.31. The zero-order valence-corrected chi connectivity index (χ0v) is 8.09. The van der Waals surface area contributed by atoms with Crippen LogP contribution in [0.15, 0.2) is 0 Å². The van der Waals surface area contributed by atoms with Gasteiger partial charge in [0.15, 0.2) is 0 Å². The molecule has 0 aromatic heterocycles. The van der Waals surface area contributed by atoms with Crippen LogP contribution in [0.4, 0.5) is 0 Å². The van der Waals surface area contributed by atoms with Crippen molar-refractivity contribution in [1.29, 1.82) is 0 Å². The maximum absolute atomic E-state index is 5.14. The summed E-state index contributed by atoms with van der Waals surface area (Å²) in [5.41, 5.74) is 0. The minimum Gasteiger partial charge on any atom is -0.414 e. The lowest BCUT2D eigenvalue weighted by Gasteiger charge is -2.15. The van der Waals surface area contributed by atoms with E-state index in [1.807, 2.05) is 0 Å². The average Bonchev–Trinajstić information content (AvgIpc) is 2.03. The maximum Gasteiger partial charge on any atom is 0.459 e. The molecule has 0 N–H and O–H groups in total. The second-order valence-corrected chi connectivity index (χ2v) is 2.96. The molecule has 1 unspecified atom stereocenters. The second kappa shape index (κ2) is 6.68. The van der Waals surface area contributed by atoms with Crippen LogP contribution in [0.3, 0.4) is 0 Å². The van der Waals surface area contributed by atoms with Crippen molar-refractivity contribution in [2.45, 2.75) is 38.9 Å². The summed E-state index contributed by atoms with van der Waals surface area (Å²) in [4.78, 5) is 0. The zero-order valence-electron chi connectivity index (χ0n) is 8.09. The van der Waals surface area contributed by atoms with Gasteiger partial charge in [-0.3, -0.25) is 0 Å². The molecular weight excluding hydrogens is 139 g/mol. The Morgan fingerprint density at radius 2 is 1.82 bits per heavy atom. The van der Waals surface area contributed by atoms with Gasteiger partial charge < -0.3 is 9.31 Å². The number of hydrogen-bond donors (Lipinski definition) is 0. The van der Waals surface area contributed by atoms with Crippen molar-refractivity contribution in [2.24, 2.45) is 0 Å². The fourth-order valence-electron chi connectivity index (χ4n) is 1.22. The molecular formula is C8H19BO2. The van der Waals surface area contributed by atoms with Crippen molar-refractivity contribution in [3.8, 4) is 0 Å². The molecule has 0 bridgehead atoms. The van der Waals surface area contributed by atoms with Gasteiger partial charge in [0, 0.05) is 14.2 Å². The Morgan fingerprint density at radius 3 is 2.18 bits per heavy atom. The van der Waals surface area contributed by atoms with Gasteiger partial charge in [0.25, 0.3) is 0 Å². The summed E-state index contributed by atoms with van der Waals surface area (Å²) in [6.45, 7) is 4.36. The zero-order chi connectivity index (χ0) is 8.69. The normalized spacial score (nSPS) is 13.1. The van der Waals surface area contributed by atoms with Crippen LogP contribution in [0.2, 0.25) is 5.82 Å². The van der Waals surface area contributed by atoms with Crippen LogP contribution in [0.25, 0.3) is 0 Å². The standard InChI is InChI=1S/C8H19BO2/c1-5-6-7-8(2)9(10-3)11-4/h8H,5-7H2,1-4H3. The van der Waals surface area contributed by atoms with Gasteiger partial charge in [0.2, 0.25) is 0 Å². The van der Waals surface area contributed by atoms with Gasteiger partial charge >= 0.3 is 7.12 Å². The minimum atomic E-state index is -0.0263. The molecule has 0 spiro atoms. The Bertz CT molecular complexity index is 84.2. The number of unbranched alkanes of at least 4 members (excludes halogenated alkanes) is 1. The predicted octanol–water partition coefficient (Wildman–Crippen LogP) is 2.35. The molecule has 0 radical (unpaired) electrons. The molecule has 3 heteroatoms. The van der Waals surface area contributed by atoms with Crippen LogP contribution in [0.5, 0.6) is 0 Å². The Labute approximate surface area is 70.4 Å². The highest BCUT2D eigenvalue weighted by atomic mass is 16.6. The topological polar surface area (TPSA) is 18.5 Å². The van der Waals surface area contributed by atoms with Gasteiger partial charge in [-0.1, -0.05) is 33.1 Å². The Morgan fingerprint density at radius 1 is 1.27 bits per heavy atom. The lowest BCUT2D eigenvalue weighted by atomic mass is 9.70. The van der Waals surface area contributed by atoms with Gasteiger partial charge in [-0.25, -0.2) is 0 Å². The molecule has 0 amide bonds. The van der Waals surface area contributed by atoms with Crippen LogP contribution in [-0.4, -0.2) is 21.3 Å². The molecule has 0 saturated carbocycles. The van der Waals surface area contributed by atoms with Gasteiger partial charge in [-0.05, 0) is 5.82 Å². The Balaban J connectivity index is 3.51. The van der Waals surface area contributed by atoms with E-state index in [1.54, 1.807) is 14.2 Å². The molecule has 0 aliphatic carbocycles. The first-order valence-corrected chi connectivity index (χ1v) is 4.31. The average molecular weight is 158 g/mol. The number of rotatable bonds is 6. The predicted molar refractivity (Wildman–Crippen MR) is 48.7 cm³/mol.